The molecule has 0 aliphatic heterocycles. The van der Waals surface area contributed by atoms with Gasteiger partial charge in [0.25, 0.3) is 0 Å². The van der Waals surface area contributed by atoms with E-state index in [4.69, 9.17) is 5.11 Å². The highest BCUT2D eigenvalue weighted by atomic mass is 16.5. The van der Waals surface area contributed by atoms with Crippen molar-refractivity contribution in [2.75, 3.05) is 6.61 Å². The first-order chi connectivity index (χ1) is 8.17. The van der Waals surface area contributed by atoms with Gasteiger partial charge in [0.05, 0.1) is 6.61 Å². The van der Waals surface area contributed by atoms with Gasteiger partial charge in [-0.2, -0.15) is 0 Å². The molecule has 0 aromatic carbocycles. The summed E-state index contributed by atoms with van der Waals surface area (Å²) in [5.41, 5.74) is 3.35. The SMILES string of the molecule is C=C/C(CO)=C(\C)C(O)(O)CC(C(=C)C)=C(C)C. The zero-order valence-electron chi connectivity index (χ0n) is 11.7. The largest absolute Gasteiger partial charge is 0.392 e. The Morgan fingerprint density at radius 2 is 1.67 bits per heavy atom. The summed E-state index contributed by atoms with van der Waals surface area (Å²) in [4.78, 5) is 0. The lowest BCUT2D eigenvalue weighted by molar-refractivity contribution is -0.126. The third-order valence-corrected chi connectivity index (χ3v) is 3.04. The third kappa shape index (κ3) is 4.26. The molecule has 0 aromatic rings. The lowest BCUT2D eigenvalue weighted by Crippen LogP contribution is -2.32. The van der Waals surface area contributed by atoms with Crippen molar-refractivity contribution < 1.29 is 15.3 Å². The summed E-state index contributed by atoms with van der Waals surface area (Å²) in [5, 5.41) is 29.4. The molecule has 18 heavy (non-hydrogen) atoms. The monoisotopic (exact) mass is 252 g/mol. The molecule has 3 heteroatoms. The molecule has 0 rings (SSSR count). The van der Waals surface area contributed by atoms with E-state index in [1.165, 1.54) is 6.08 Å². The molecule has 0 saturated heterocycles. The predicted octanol–water partition coefficient (Wildman–Crippen LogP) is 2.46. The Bertz CT molecular complexity index is 394. The molecule has 0 amide bonds. The minimum Gasteiger partial charge on any atom is -0.392 e. The average molecular weight is 252 g/mol. The molecule has 0 aliphatic carbocycles. The van der Waals surface area contributed by atoms with E-state index >= 15 is 0 Å². The summed E-state index contributed by atoms with van der Waals surface area (Å²) in [7, 11) is 0. The van der Waals surface area contributed by atoms with Crippen molar-refractivity contribution in [1.29, 1.82) is 0 Å². The predicted molar refractivity (Wildman–Crippen MR) is 75.0 cm³/mol. The van der Waals surface area contributed by atoms with Gasteiger partial charge in [0, 0.05) is 6.42 Å². The number of rotatable bonds is 6. The van der Waals surface area contributed by atoms with Gasteiger partial charge in [0.15, 0.2) is 5.79 Å². The van der Waals surface area contributed by atoms with Crippen LogP contribution < -0.4 is 0 Å². The fraction of sp³-hybridized carbons (Fsp3) is 0.467. The van der Waals surface area contributed by atoms with Crippen LogP contribution in [0.1, 0.15) is 34.1 Å². The Kier molecular flexibility index (Phi) is 6.26. The van der Waals surface area contributed by atoms with Gasteiger partial charge >= 0.3 is 0 Å². The normalized spacial score (nSPS) is 12.8. The van der Waals surface area contributed by atoms with Crippen LogP contribution in [0.4, 0.5) is 0 Å². The Morgan fingerprint density at radius 1 is 1.17 bits per heavy atom. The smallest absolute Gasteiger partial charge is 0.190 e. The van der Waals surface area contributed by atoms with Crippen molar-refractivity contribution in [1.82, 2.24) is 0 Å². The first-order valence-electron chi connectivity index (χ1n) is 5.87. The van der Waals surface area contributed by atoms with Crippen LogP contribution >= 0.6 is 0 Å². The van der Waals surface area contributed by atoms with Crippen LogP contribution in [0.3, 0.4) is 0 Å². The summed E-state index contributed by atoms with van der Waals surface area (Å²) in [6, 6.07) is 0. The second-order valence-electron chi connectivity index (χ2n) is 4.76. The summed E-state index contributed by atoms with van der Waals surface area (Å²) < 4.78 is 0. The van der Waals surface area contributed by atoms with E-state index in [0.717, 1.165) is 16.7 Å². The summed E-state index contributed by atoms with van der Waals surface area (Å²) in [5.74, 6) is -2.00. The maximum Gasteiger partial charge on any atom is 0.190 e. The van der Waals surface area contributed by atoms with E-state index in [-0.39, 0.29) is 13.0 Å². The van der Waals surface area contributed by atoms with Crippen molar-refractivity contribution >= 4 is 0 Å². The molecule has 0 spiro atoms. The summed E-state index contributed by atoms with van der Waals surface area (Å²) in [6.45, 7) is 14.3. The number of hydrogen-bond acceptors (Lipinski definition) is 3. The lowest BCUT2D eigenvalue weighted by atomic mass is 9.90. The zero-order chi connectivity index (χ0) is 14.5. The minimum atomic E-state index is -2.00. The average Bonchev–Trinajstić information content (AvgIpc) is 2.26. The summed E-state index contributed by atoms with van der Waals surface area (Å²) >= 11 is 0. The molecule has 0 radical (unpaired) electrons. The standard InChI is InChI=1S/C15H24O3/c1-7-13(9-16)12(6)15(17,18)8-14(10(2)3)11(4)5/h7,16-18H,1-2,8-9H2,3-6H3/b13-12-. The maximum absolute atomic E-state index is 10.1. The van der Waals surface area contributed by atoms with Crippen molar-refractivity contribution in [2.45, 2.75) is 39.9 Å². The molecule has 0 aromatic heterocycles. The highest BCUT2D eigenvalue weighted by molar-refractivity contribution is 5.35. The van der Waals surface area contributed by atoms with Gasteiger partial charge in [-0.1, -0.05) is 30.4 Å². The Balaban J connectivity index is 5.43. The minimum absolute atomic E-state index is 0.0494. The van der Waals surface area contributed by atoms with E-state index in [1.807, 2.05) is 20.8 Å². The second-order valence-corrected chi connectivity index (χ2v) is 4.76. The Hall–Kier alpha value is -1.16. The topological polar surface area (TPSA) is 60.7 Å². The molecular formula is C15H24O3. The number of hydrogen-bond donors (Lipinski definition) is 3. The van der Waals surface area contributed by atoms with Crippen LogP contribution in [0.5, 0.6) is 0 Å². The lowest BCUT2D eigenvalue weighted by Gasteiger charge is -2.27. The van der Waals surface area contributed by atoms with Crippen LogP contribution in [0.2, 0.25) is 0 Å². The summed E-state index contributed by atoms with van der Waals surface area (Å²) in [6.07, 6.45) is 1.48. The molecule has 0 atom stereocenters. The molecule has 3 N–H and O–H groups in total. The molecule has 0 fully saturated rings. The first kappa shape index (κ1) is 16.8. The Labute approximate surface area is 109 Å². The van der Waals surface area contributed by atoms with Gasteiger partial charge in [0.2, 0.25) is 0 Å². The second kappa shape index (κ2) is 6.69. The van der Waals surface area contributed by atoms with Crippen LogP contribution in [-0.2, 0) is 0 Å². The van der Waals surface area contributed by atoms with Crippen LogP contribution in [0, 0.1) is 0 Å². The van der Waals surface area contributed by atoms with Crippen LogP contribution in [0.25, 0.3) is 0 Å². The molecule has 0 saturated carbocycles. The molecule has 0 bridgehead atoms. The molecule has 0 heterocycles. The molecule has 102 valence electrons. The van der Waals surface area contributed by atoms with Gasteiger partial charge in [-0.25, -0.2) is 0 Å². The third-order valence-electron chi connectivity index (χ3n) is 3.04. The molecular weight excluding hydrogens is 228 g/mol. The van der Waals surface area contributed by atoms with E-state index < -0.39 is 5.79 Å². The highest BCUT2D eigenvalue weighted by Crippen LogP contribution is 2.29. The number of aliphatic hydroxyl groups excluding tert-OH is 1. The molecule has 0 unspecified atom stereocenters. The van der Waals surface area contributed by atoms with Gasteiger partial charge in [-0.3, -0.25) is 0 Å². The van der Waals surface area contributed by atoms with E-state index in [9.17, 15) is 10.2 Å². The molecule has 3 nitrogen and oxygen atoms in total. The first-order valence-corrected chi connectivity index (χ1v) is 5.87. The van der Waals surface area contributed by atoms with Crippen molar-refractivity contribution in [3.8, 4) is 0 Å². The zero-order valence-corrected chi connectivity index (χ0v) is 11.7. The fourth-order valence-corrected chi connectivity index (χ4v) is 1.73. The van der Waals surface area contributed by atoms with E-state index in [0.29, 0.717) is 11.1 Å². The fourth-order valence-electron chi connectivity index (χ4n) is 1.73. The molecule has 0 aliphatic rings. The van der Waals surface area contributed by atoms with E-state index in [2.05, 4.69) is 13.2 Å². The van der Waals surface area contributed by atoms with Crippen LogP contribution in [-0.4, -0.2) is 27.7 Å². The van der Waals surface area contributed by atoms with Crippen molar-refractivity contribution in [2.24, 2.45) is 0 Å². The van der Waals surface area contributed by atoms with Gasteiger partial charge in [-0.05, 0) is 44.4 Å². The van der Waals surface area contributed by atoms with Crippen molar-refractivity contribution in [3.05, 3.63) is 47.1 Å². The van der Waals surface area contributed by atoms with Crippen molar-refractivity contribution in [3.63, 3.8) is 0 Å². The number of aliphatic hydroxyl groups is 3. The maximum atomic E-state index is 10.1. The van der Waals surface area contributed by atoms with Crippen LogP contribution in [0.15, 0.2) is 47.1 Å². The highest BCUT2D eigenvalue weighted by Gasteiger charge is 2.29. The van der Waals surface area contributed by atoms with Gasteiger partial charge in [-0.15, -0.1) is 0 Å². The van der Waals surface area contributed by atoms with E-state index in [1.54, 1.807) is 6.92 Å². The number of allylic oxidation sites excluding steroid dienone is 2. The van der Waals surface area contributed by atoms with Gasteiger partial charge in [0.1, 0.15) is 0 Å². The van der Waals surface area contributed by atoms with Gasteiger partial charge < -0.3 is 15.3 Å². The quantitative estimate of drug-likeness (QED) is 0.502. The Morgan fingerprint density at radius 3 is 1.94 bits per heavy atom.